The van der Waals surface area contributed by atoms with E-state index in [2.05, 4.69) is 5.10 Å². The minimum Gasteiger partial charge on any atom is -0.504 e. The number of benzene rings is 2. The van der Waals surface area contributed by atoms with Gasteiger partial charge in [-0.05, 0) is 12.1 Å². The molecule has 0 aliphatic carbocycles. The van der Waals surface area contributed by atoms with Gasteiger partial charge in [0.15, 0.2) is 34.8 Å². The summed E-state index contributed by atoms with van der Waals surface area (Å²) in [7, 11) is 1.34. The van der Waals surface area contributed by atoms with E-state index in [4.69, 9.17) is 4.74 Å². The Morgan fingerprint density at radius 1 is 1.14 bits per heavy atom. The molecule has 0 aromatic heterocycles. The summed E-state index contributed by atoms with van der Waals surface area (Å²) in [4.78, 5) is 0. The molecule has 2 rings (SSSR count). The third kappa shape index (κ3) is 2.95. The Kier molecular flexibility index (Phi) is 4.50. The summed E-state index contributed by atoms with van der Waals surface area (Å²) in [5.74, 6) is -6.40. The zero-order valence-corrected chi connectivity index (χ0v) is 11.2. The van der Waals surface area contributed by atoms with E-state index in [0.29, 0.717) is 0 Å². The van der Waals surface area contributed by atoms with E-state index in [1.807, 2.05) is 5.43 Å². The maximum absolute atomic E-state index is 13.4. The van der Waals surface area contributed by atoms with Crippen LogP contribution in [-0.2, 0) is 0 Å². The van der Waals surface area contributed by atoms with Crippen molar-refractivity contribution < 1.29 is 27.4 Å². The molecule has 2 aromatic rings. The quantitative estimate of drug-likeness (QED) is 0.393. The van der Waals surface area contributed by atoms with Crippen LogP contribution in [0.3, 0.4) is 0 Å². The van der Waals surface area contributed by atoms with Gasteiger partial charge in [-0.1, -0.05) is 6.07 Å². The first-order valence-corrected chi connectivity index (χ1v) is 5.93. The molecule has 0 amide bonds. The van der Waals surface area contributed by atoms with Crippen molar-refractivity contribution in [3.63, 3.8) is 0 Å². The van der Waals surface area contributed by atoms with Crippen molar-refractivity contribution in [1.29, 1.82) is 0 Å². The molecule has 0 aliphatic heterocycles. The molecule has 0 saturated carbocycles. The number of phenols is 1. The highest BCUT2D eigenvalue weighted by atomic mass is 19.2. The lowest BCUT2D eigenvalue weighted by Gasteiger charge is -2.07. The van der Waals surface area contributed by atoms with Gasteiger partial charge < -0.3 is 9.84 Å². The van der Waals surface area contributed by atoms with Crippen molar-refractivity contribution in [3.05, 3.63) is 53.1 Å². The first-order chi connectivity index (χ1) is 10.5. The molecule has 0 spiro atoms. The molecule has 0 bridgehead atoms. The van der Waals surface area contributed by atoms with E-state index < -0.39 is 29.0 Å². The van der Waals surface area contributed by atoms with E-state index in [1.54, 1.807) is 6.07 Å². The fraction of sp³-hybridized carbons (Fsp3) is 0.0714. The predicted octanol–water partition coefficient (Wildman–Crippen LogP) is 3.40. The van der Waals surface area contributed by atoms with Crippen LogP contribution in [0.25, 0.3) is 0 Å². The second-order valence-electron chi connectivity index (χ2n) is 4.11. The molecule has 0 heterocycles. The van der Waals surface area contributed by atoms with Gasteiger partial charge in [0, 0.05) is 11.6 Å². The van der Waals surface area contributed by atoms with Gasteiger partial charge in [-0.15, -0.1) is 0 Å². The molecule has 0 unspecified atom stereocenters. The normalized spacial score (nSPS) is 11.0. The van der Waals surface area contributed by atoms with Gasteiger partial charge in [0.25, 0.3) is 0 Å². The summed E-state index contributed by atoms with van der Waals surface area (Å²) >= 11 is 0. The van der Waals surface area contributed by atoms with E-state index in [0.717, 1.165) is 6.21 Å². The molecule has 4 nitrogen and oxygen atoms in total. The number of para-hydroxylation sites is 1. The van der Waals surface area contributed by atoms with Crippen LogP contribution in [0.4, 0.5) is 23.2 Å². The molecule has 116 valence electrons. The van der Waals surface area contributed by atoms with Crippen molar-refractivity contribution in [2.24, 2.45) is 5.10 Å². The third-order valence-electron chi connectivity index (χ3n) is 2.74. The molecule has 2 aromatic carbocycles. The maximum atomic E-state index is 13.4. The lowest BCUT2D eigenvalue weighted by molar-refractivity contribution is 0.373. The van der Waals surface area contributed by atoms with Crippen LogP contribution >= 0.6 is 0 Å². The number of aromatic hydroxyl groups is 1. The number of nitrogens with one attached hydrogen (secondary N) is 1. The lowest BCUT2D eigenvalue weighted by atomic mass is 10.2. The standard InChI is InChI=1S/C14H10F4N2O2/c1-22-10-4-2-3-7(14(10)21)6-19-20-13-11(17)8(15)5-9(16)12(13)18/h2-6,20-21H,1H3. The highest BCUT2D eigenvalue weighted by Gasteiger charge is 2.18. The number of phenolic OH excluding ortho intramolecular Hbond substituents is 1. The number of nitrogens with zero attached hydrogens (tertiary/aromatic N) is 1. The first-order valence-electron chi connectivity index (χ1n) is 5.93. The van der Waals surface area contributed by atoms with Crippen molar-refractivity contribution >= 4 is 11.9 Å². The summed E-state index contributed by atoms with van der Waals surface area (Å²) < 4.78 is 57.6. The highest BCUT2D eigenvalue weighted by Crippen LogP contribution is 2.28. The predicted molar refractivity (Wildman–Crippen MR) is 72.1 cm³/mol. The van der Waals surface area contributed by atoms with Crippen LogP contribution in [-0.4, -0.2) is 18.4 Å². The fourth-order valence-corrected chi connectivity index (χ4v) is 1.65. The number of hydrazone groups is 1. The first kappa shape index (κ1) is 15.6. The Morgan fingerprint density at radius 3 is 2.36 bits per heavy atom. The average molecular weight is 314 g/mol. The summed E-state index contributed by atoms with van der Waals surface area (Å²) in [5.41, 5.74) is 0.961. The number of rotatable bonds is 4. The van der Waals surface area contributed by atoms with Crippen LogP contribution in [0.15, 0.2) is 29.4 Å². The number of halogens is 4. The summed E-state index contributed by atoms with van der Waals surface area (Å²) in [6.07, 6.45) is 1.01. The van der Waals surface area contributed by atoms with E-state index in [1.165, 1.54) is 19.2 Å². The Balaban J connectivity index is 2.28. The van der Waals surface area contributed by atoms with Gasteiger partial charge in [0.05, 0.1) is 13.3 Å². The van der Waals surface area contributed by atoms with Crippen LogP contribution in [0.1, 0.15) is 5.56 Å². The molecule has 22 heavy (non-hydrogen) atoms. The van der Waals surface area contributed by atoms with Gasteiger partial charge in [0.1, 0.15) is 5.69 Å². The molecular formula is C14H10F4N2O2. The molecule has 2 N–H and O–H groups in total. The number of hydrogen-bond acceptors (Lipinski definition) is 4. The lowest BCUT2D eigenvalue weighted by Crippen LogP contribution is -2.02. The summed E-state index contributed by atoms with van der Waals surface area (Å²) in [6.45, 7) is 0. The van der Waals surface area contributed by atoms with Gasteiger partial charge in [0.2, 0.25) is 0 Å². The minimum absolute atomic E-state index is 0.0907. The highest BCUT2D eigenvalue weighted by molar-refractivity contribution is 5.85. The smallest absolute Gasteiger partial charge is 0.186 e. The van der Waals surface area contributed by atoms with Crippen molar-refractivity contribution in [1.82, 2.24) is 0 Å². The fourth-order valence-electron chi connectivity index (χ4n) is 1.65. The minimum atomic E-state index is -1.61. The van der Waals surface area contributed by atoms with Crippen molar-refractivity contribution in [2.45, 2.75) is 0 Å². The SMILES string of the molecule is COc1cccc(C=NNc2c(F)c(F)cc(F)c2F)c1O. The second-order valence-corrected chi connectivity index (χ2v) is 4.11. The van der Waals surface area contributed by atoms with Gasteiger partial charge in [-0.3, -0.25) is 5.43 Å². The molecule has 0 aliphatic rings. The Morgan fingerprint density at radius 2 is 1.77 bits per heavy atom. The molecular weight excluding hydrogens is 304 g/mol. The molecule has 8 heteroatoms. The Labute approximate surface area is 122 Å². The van der Waals surface area contributed by atoms with Crippen molar-refractivity contribution in [2.75, 3.05) is 12.5 Å². The summed E-state index contributed by atoms with van der Waals surface area (Å²) in [6, 6.07) is 4.57. The van der Waals surface area contributed by atoms with Crippen LogP contribution in [0.5, 0.6) is 11.5 Å². The van der Waals surface area contributed by atoms with E-state index >= 15 is 0 Å². The molecule has 0 fully saturated rings. The number of ether oxygens (including phenoxy) is 1. The Hall–Kier alpha value is -2.77. The number of methoxy groups -OCH3 is 1. The third-order valence-corrected chi connectivity index (χ3v) is 2.74. The maximum Gasteiger partial charge on any atom is 0.186 e. The largest absolute Gasteiger partial charge is 0.504 e. The van der Waals surface area contributed by atoms with Gasteiger partial charge in [-0.2, -0.15) is 5.10 Å². The monoisotopic (exact) mass is 314 g/mol. The summed E-state index contributed by atoms with van der Waals surface area (Å²) in [5, 5.41) is 13.2. The zero-order chi connectivity index (χ0) is 16.3. The van der Waals surface area contributed by atoms with Crippen LogP contribution in [0.2, 0.25) is 0 Å². The van der Waals surface area contributed by atoms with E-state index in [9.17, 15) is 22.7 Å². The molecule has 0 atom stereocenters. The van der Waals surface area contributed by atoms with Crippen LogP contribution in [0, 0.1) is 23.3 Å². The molecule has 0 radical (unpaired) electrons. The zero-order valence-electron chi connectivity index (χ0n) is 11.2. The van der Waals surface area contributed by atoms with Crippen LogP contribution < -0.4 is 10.2 Å². The average Bonchev–Trinajstić information content (AvgIpc) is 2.50. The van der Waals surface area contributed by atoms with E-state index in [-0.39, 0.29) is 23.1 Å². The number of hydrogen-bond donors (Lipinski definition) is 2. The Bertz CT molecular complexity index is 709. The van der Waals surface area contributed by atoms with Gasteiger partial charge in [-0.25, -0.2) is 17.6 Å². The number of anilines is 1. The van der Waals surface area contributed by atoms with Gasteiger partial charge >= 0.3 is 0 Å². The van der Waals surface area contributed by atoms with Crippen molar-refractivity contribution in [3.8, 4) is 11.5 Å². The topological polar surface area (TPSA) is 53.8 Å². The molecule has 0 saturated heterocycles. The second kappa shape index (κ2) is 6.33.